The summed E-state index contributed by atoms with van der Waals surface area (Å²) in [7, 11) is 0. The SMILES string of the molecule is N#Cc1ccc(-c2cccc(-c3ccc4c5c(ccc(-c6cccc(-c7ccc(-c8nc(-c9ccccc9)nc(-c9ccccc9)n8)cc7)c6)c35)-c3ccccc3-4)c2)cc1. The molecule has 4 nitrogen and oxygen atoms in total. The predicted molar refractivity (Wildman–Crippen MR) is 245 cm³/mol. The van der Waals surface area contributed by atoms with Crippen molar-refractivity contribution < 1.29 is 0 Å². The Morgan fingerprint density at radius 3 is 1.08 bits per heavy atom. The minimum absolute atomic E-state index is 0.632. The van der Waals surface area contributed by atoms with Gasteiger partial charge in [0.1, 0.15) is 0 Å². The molecule has 0 radical (unpaired) electrons. The number of hydrogen-bond acceptors (Lipinski definition) is 4. The molecule has 1 heterocycles. The van der Waals surface area contributed by atoms with Crippen molar-refractivity contribution in [3.05, 3.63) is 212 Å². The monoisotopic (exact) mass is 762 g/mol. The van der Waals surface area contributed by atoms with Gasteiger partial charge in [-0.25, -0.2) is 15.0 Å². The molecule has 0 unspecified atom stereocenters. The van der Waals surface area contributed by atoms with Gasteiger partial charge in [-0.3, -0.25) is 0 Å². The van der Waals surface area contributed by atoms with Crippen LogP contribution in [-0.2, 0) is 0 Å². The van der Waals surface area contributed by atoms with E-state index in [1.807, 2.05) is 84.9 Å². The van der Waals surface area contributed by atoms with Crippen LogP contribution in [0.25, 0.3) is 112 Å². The second-order valence-corrected chi connectivity index (χ2v) is 15.1. The zero-order valence-electron chi connectivity index (χ0n) is 32.4. The fraction of sp³-hybridized carbons (Fsp3) is 0. The fourth-order valence-corrected chi connectivity index (χ4v) is 8.60. The van der Waals surface area contributed by atoms with Gasteiger partial charge in [-0.2, -0.15) is 5.26 Å². The number of nitrogens with zero attached hydrogens (tertiary/aromatic N) is 4. The number of fused-ring (bicyclic) bond motifs is 3. The maximum Gasteiger partial charge on any atom is 0.164 e. The summed E-state index contributed by atoms with van der Waals surface area (Å²) < 4.78 is 0. The lowest BCUT2D eigenvalue weighted by molar-refractivity contribution is 1.07. The second-order valence-electron chi connectivity index (χ2n) is 15.1. The van der Waals surface area contributed by atoms with Crippen molar-refractivity contribution in [2.75, 3.05) is 0 Å². The van der Waals surface area contributed by atoms with Gasteiger partial charge in [-0.1, -0.05) is 182 Å². The molecule has 10 aromatic rings. The predicted octanol–water partition coefficient (Wildman–Crippen LogP) is 14.2. The van der Waals surface area contributed by atoms with Crippen molar-refractivity contribution in [3.63, 3.8) is 0 Å². The number of rotatable bonds is 7. The van der Waals surface area contributed by atoms with Crippen LogP contribution < -0.4 is 0 Å². The van der Waals surface area contributed by atoms with E-state index in [2.05, 4.69) is 127 Å². The molecule has 0 aliphatic heterocycles. The first-order chi connectivity index (χ1) is 29.7. The molecule has 0 N–H and O–H groups in total. The lowest BCUT2D eigenvalue weighted by Gasteiger charge is -2.16. The normalized spacial score (nSPS) is 11.3. The van der Waals surface area contributed by atoms with Crippen LogP contribution >= 0.6 is 0 Å². The maximum atomic E-state index is 9.39. The standard InChI is InChI=1S/C56H34N4/c57-35-36-21-23-37(24-22-36)42-15-9-17-44(33-42)46-29-31-50-48-19-7-8-20-49(48)51-32-30-47(52(46)53(50)51)45-18-10-16-43(34-45)38-25-27-41(28-26-38)56-59-54(39-11-3-1-4-12-39)58-55(60-56)40-13-5-2-6-14-40/h1-34H. The first-order valence-electron chi connectivity index (χ1n) is 20.1. The highest BCUT2D eigenvalue weighted by Crippen LogP contribution is 2.52. The number of aromatic nitrogens is 3. The highest BCUT2D eigenvalue weighted by atomic mass is 15.0. The van der Waals surface area contributed by atoms with E-state index >= 15 is 0 Å². The van der Waals surface area contributed by atoms with Gasteiger partial charge in [-0.15, -0.1) is 0 Å². The summed E-state index contributed by atoms with van der Waals surface area (Å²) in [5.74, 6) is 1.92. The summed E-state index contributed by atoms with van der Waals surface area (Å²) >= 11 is 0. The van der Waals surface area contributed by atoms with Crippen molar-refractivity contribution >= 4 is 10.8 Å². The van der Waals surface area contributed by atoms with Crippen molar-refractivity contribution in [2.24, 2.45) is 0 Å². The maximum absolute atomic E-state index is 9.39. The lowest BCUT2D eigenvalue weighted by atomic mass is 9.87. The molecule has 278 valence electrons. The molecular formula is C56H34N4. The van der Waals surface area contributed by atoms with Gasteiger partial charge in [0.05, 0.1) is 11.6 Å². The Labute approximate surface area is 348 Å². The zero-order chi connectivity index (χ0) is 40.0. The molecule has 11 rings (SSSR count). The van der Waals surface area contributed by atoms with Crippen LogP contribution in [-0.4, -0.2) is 15.0 Å². The van der Waals surface area contributed by atoms with Gasteiger partial charge in [0.2, 0.25) is 0 Å². The summed E-state index contributed by atoms with van der Waals surface area (Å²) in [5, 5.41) is 11.9. The van der Waals surface area contributed by atoms with Crippen LogP contribution in [0, 0.1) is 11.3 Å². The van der Waals surface area contributed by atoms with E-state index in [1.165, 1.54) is 44.2 Å². The van der Waals surface area contributed by atoms with Crippen molar-refractivity contribution in [1.29, 1.82) is 5.26 Å². The third-order valence-electron chi connectivity index (χ3n) is 11.5. The average Bonchev–Trinajstić information content (AvgIpc) is 3.66. The highest BCUT2D eigenvalue weighted by Gasteiger charge is 2.25. The lowest BCUT2D eigenvalue weighted by Crippen LogP contribution is -2.00. The van der Waals surface area contributed by atoms with Crippen LogP contribution in [0.2, 0.25) is 0 Å². The second kappa shape index (κ2) is 14.6. The molecule has 4 heteroatoms. The van der Waals surface area contributed by atoms with Crippen molar-refractivity contribution in [1.82, 2.24) is 15.0 Å². The molecule has 1 aliphatic carbocycles. The van der Waals surface area contributed by atoms with Gasteiger partial charge in [-0.05, 0) is 102 Å². The Morgan fingerprint density at radius 1 is 0.267 bits per heavy atom. The molecule has 0 spiro atoms. The molecule has 0 bridgehead atoms. The minimum Gasteiger partial charge on any atom is -0.208 e. The molecule has 9 aromatic carbocycles. The Kier molecular flexibility index (Phi) is 8.50. The molecule has 0 saturated heterocycles. The van der Waals surface area contributed by atoms with E-state index in [-0.39, 0.29) is 0 Å². The van der Waals surface area contributed by atoms with Crippen molar-refractivity contribution in [3.8, 4) is 107 Å². The van der Waals surface area contributed by atoms with Gasteiger partial charge in [0.15, 0.2) is 17.5 Å². The topological polar surface area (TPSA) is 62.5 Å². The Balaban J connectivity index is 1.01. The van der Waals surface area contributed by atoms with Gasteiger partial charge >= 0.3 is 0 Å². The van der Waals surface area contributed by atoms with Crippen LogP contribution in [0.15, 0.2) is 206 Å². The van der Waals surface area contributed by atoms with Gasteiger partial charge in [0.25, 0.3) is 0 Å². The first-order valence-corrected chi connectivity index (χ1v) is 20.1. The molecule has 0 saturated carbocycles. The third kappa shape index (κ3) is 6.14. The van der Waals surface area contributed by atoms with Gasteiger partial charge < -0.3 is 0 Å². The van der Waals surface area contributed by atoms with Crippen LogP contribution in [0.4, 0.5) is 0 Å². The Hall–Kier alpha value is -8.26. The van der Waals surface area contributed by atoms with Crippen LogP contribution in [0.3, 0.4) is 0 Å². The molecule has 0 fully saturated rings. The average molecular weight is 763 g/mol. The first kappa shape index (κ1) is 34.9. The van der Waals surface area contributed by atoms with E-state index < -0.39 is 0 Å². The van der Waals surface area contributed by atoms with E-state index in [4.69, 9.17) is 15.0 Å². The quantitative estimate of drug-likeness (QED) is 0.162. The minimum atomic E-state index is 0.632. The van der Waals surface area contributed by atoms with Gasteiger partial charge in [0, 0.05) is 16.7 Å². The van der Waals surface area contributed by atoms with E-state index in [9.17, 15) is 5.26 Å². The summed E-state index contributed by atoms with van der Waals surface area (Å²) in [6.07, 6.45) is 0. The molecular weight excluding hydrogens is 729 g/mol. The van der Waals surface area contributed by atoms with Crippen LogP contribution in [0.1, 0.15) is 5.56 Å². The molecule has 60 heavy (non-hydrogen) atoms. The Morgan fingerprint density at radius 2 is 0.617 bits per heavy atom. The summed E-state index contributed by atoms with van der Waals surface area (Å²) in [5.41, 5.74) is 17.6. The summed E-state index contributed by atoms with van der Waals surface area (Å²) in [6, 6.07) is 74.3. The molecule has 0 atom stereocenters. The molecule has 1 aromatic heterocycles. The van der Waals surface area contributed by atoms with E-state index in [1.54, 1.807) is 0 Å². The van der Waals surface area contributed by atoms with E-state index in [0.717, 1.165) is 50.1 Å². The molecule has 1 aliphatic rings. The zero-order valence-corrected chi connectivity index (χ0v) is 32.4. The smallest absolute Gasteiger partial charge is 0.164 e. The number of benzene rings is 9. The van der Waals surface area contributed by atoms with E-state index in [0.29, 0.717) is 23.0 Å². The fourth-order valence-electron chi connectivity index (χ4n) is 8.60. The van der Waals surface area contributed by atoms with Crippen molar-refractivity contribution in [2.45, 2.75) is 0 Å². The third-order valence-corrected chi connectivity index (χ3v) is 11.5. The Bertz CT molecular complexity index is 3210. The highest BCUT2D eigenvalue weighted by molar-refractivity contribution is 6.22. The van der Waals surface area contributed by atoms with Crippen LogP contribution in [0.5, 0.6) is 0 Å². The number of hydrogen-bond donors (Lipinski definition) is 0. The number of nitriles is 1. The molecule has 0 amide bonds. The summed E-state index contributed by atoms with van der Waals surface area (Å²) in [6.45, 7) is 0. The summed E-state index contributed by atoms with van der Waals surface area (Å²) in [4.78, 5) is 14.8. The largest absolute Gasteiger partial charge is 0.208 e.